The number of rotatable bonds is 8. The normalized spacial score (nSPS) is 17.2. The lowest BCUT2D eigenvalue weighted by molar-refractivity contribution is -0.00278. The van der Waals surface area contributed by atoms with Gasteiger partial charge >= 0.3 is 0 Å². The molecule has 2 unspecified atom stereocenters. The van der Waals surface area contributed by atoms with Crippen molar-refractivity contribution in [1.29, 1.82) is 0 Å². The molecule has 174 valence electrons. The third kappa shape index (κ3) is 3.46. The monoisotopic (exact) mass is 450 g/mol. The van der Waals surface area contributed by atoms with E-state index in [1.165, 1.54) is 61.9 Å². The van der Waals surface area contributed by atoms with Gasteiger partial charge in [-0.15, -0.1) is 0 Å². The first kappa shape index (κ1) is 23.1. The van der Waals surface area contributed by atoms with E-state index >= 15 is 0 Å². The minimum absolute atomic E-state index is 0.0774. The highest BCUT2D eigenvalue weighted by atomic mass is 16.6. The van der Waals surface area contributed by atoms with Gasteiger partial charge in [-0.2, -0.15) is 0 Å². The molecule has 1 aliphatic rings. The first-order valence-electron chi connectivity index (χ1n) is 9.50. The summed E-state index contributed by atoms with van der Waals surface area (Å²) in [5, 5.41) is 10.5. The van der Waals surface area contributed by atoms with Crippen LogP contribution in [0.4, 0.5) is 0 Å². The number of phenolic OH excluding ortho intramolecular Hbond substituents is 1. The van der Waals surface area contributed by atoms with Gasteiger partial charge in [0.05, 0.1) is 48.2 Å². The summed E-state index contributed by atoms with van der Waals surface area (Å²) in [6.07, 6.45) is -2.09. The quantitative estimate of drug-likeness (QED) is 0.644. The number of aromatic hydroxyl groups is 1. The Labute approximate surface area is 185 Å². The molecule has 0 aliphatic carbocycles. The first-order valence-corrected chi connectivity index (χ1v) is 9.50. The first-order chi connectivity index (χ1) is 15.4. The molecule has 0 aromatic heterocycles. The number of phenols is 1. The van der Waals surface area contributed by atoms with E-state index in [-0.39, 0.29) is 51.6 Å². The molecule has 10 nitrogen and oxygen atoms in total. The van der Waals surface area contributed by atoms with Gasteiger partial charge in [0.25, 0.3) is 0 Å². The standard InChI is InChI=1S/C22H26O10/c1-25-13-9-10-14(24)20(29-5)17(32-16(10)22(31-7)19(13)28-4)11-8-12(23)18(27-3)21(30-6)15(11)26-2/h8-9,17,20,23H,1-7H3. The largest absolute Gasteiger partial charge is 0.504 e. The number of fused-ring (bicyclic) bond motifs is 1. The Balaban J connectivity index is 2.28. The molecular formula is C22H26O10. The molecule has 0 fully saturated rings. The van der Waals surface area contributed by atoms with E-state index in [9.17, 15) is 9.90 Å². The third-order valence-corrected chi connectivity index (χ3v) is 5.20. The minimum atomic E-state index is -1.07. The minimum Gasteiger partial charge on any atom is -0.504 e. The van der Waals surface area contributed by atoms with Crippen LogP contribution in [0.25, 0.3) is 0 Å². The van der Waals surface area contributed by atoms with Gasteiger partial charge in [-0.3, -0.25) is 4.79 Å². The molecule has 1 N–H and O–H groups in total. The Hall–Kier alpha value is -3.53. The SMILES string of the molecule is COc1cc2c(c(OC)c1OC)OC(c1cc(O)c(OC)c(OC)c1OC)C(OC)C2=O. The van der Waals surface area contributed by atoms with Crippen LogP contribution in [0.1, 0.15) is 22.0 Å². The Bertz CT molecular complexity index is 1020. The Morgan fingerprint density at radius 2 is 1.34 bits per heavy atom. The topological polar surface area (TPSA) is 111 Å². The lowest BCUT2D eigenvalue weighted by atomic mass is 9.91. The summed E-state index contributed by atoms with van der Waals surface area (Å²) in [5.74, 6) is 0.709. The number of methoxy groups -OCH3 is 7. The van der Waals surface area contributed by atoms with Crippen molar-refractivity contribution in [2.45, 2.75) is 12.2 Å². The molecule has 0 saturated carbocycles. The highest BCUT2D eigenvalue weighted by Gasteiger charge is 2.44. The second-order valence-corrected chi connectivity index (χ2v) is 6.67. The molecule has 0 amide bonds. The van der Waals surface area contributed by atoms with Crippen LogP contribution in [0, 0.1) is 0 Å². The molecule has 2 aromatic carbocycles. The molecule has 3 rings (SSSR count). The van der Waals surface area contributed by atoms with Crippen molar-refractivity contribution in [2.24, 2.45) is 0 Å². The summed E-state index contributed by atoms with van der Waals surface area (Å²) in [4.78, 5) is 13.4. The van der Waals surface area contributed by atoms with Gasteiger partial charge in [0, 0.05) is 12.7 Å². The van der Waals surface area contributed by atoms with Crippen molar-refractivity contribution in [3.63, 3.8) is 0 Å². The summed E-state index contributed by atoms with van der Waals surface area (Å²) in [6, 6.07) is 2.88. The van der Waals surface area contributed by atoms with Crippen molar-refractivity contribution in [2.75, 3.05) is 49.8 Å². The molecule has 32 heavy (non-hydrogen) atoms. The van der Waals surface area contributed by atoms with E-state index in [0.29, 0.717) is 11.3 Å². The number of benzene rings is 2. The van der Waals surface area contributed by atoms with Gasteiger partial charge in [-0.25, -0.2) is 0 Å². The van der Waals surface area contributed by atoms with E-state index in [1.807, 2.05) is 0 Å². The summed E-state index contributed by atoms with van der Waals surface area (Å²) in [6.45, 7) is 0. The fourth-order valence-corrected chi connectivity index (χ4v) is 3.80. The molecule has 2 atom stereocenters. The lowest BCUT2D eigenvalue weighted by Gasteiger charge is -2.34. The zero-order chi connectivity index (χ0) is 23.6. The maximum atomic E-state index is 13.4. The number of Topliss-reactive ketones (excluding diaryl/α,β-unsaturated/α-hetero) is 1. The Morgan fingerprint density at radius 1 is 0.750 bits per heavy atom. The molecule has 1 heterocycles. The fourth-order valence-electron chi connectivity index (χ4n) is 3.80. The van der Waals surface area contributed by atoms with Crippen molar-refractivity contribution >= 4 is 5.78 Å². The summed E-state index contributed by atoms with van der Waals surface area (Å²) in [5.41, 5.74) is 0.511. The van der Waals surface area contributed by atoms with Crippen molar-refractivity contribution in [3.05, 3.63) is 23.3 Å². The number of hydrogen-bond donors (Lipinski definition) is 1. The smallest absolute Gasteiger partial charge is 0.208 e. The Kier molecular flexibility index (Phi) is 6.73. The molecule has 2 aromatic rings. The average molecular weight is 450 g/mol. The molecule has 0 spiro atoms. The molecular weight excluding hydrogens is 424 g/mol. The number of ether oxygens (including phenoxy) is 8. The molecule has 0 radical (unpaired) electrons. The third-order valence-electron chi connectivity index (χ3n) is 5.20. The van der Waals surface area contributed by atoms with Crippen LogP contribution in [-0.4, -0.2) is 66.8 Å². The van der Waals surface area contributed by atoms with Crippen LogP contribution in [0.15, 0.2) is 12.1 Å². The van der Waals surface area contributed by atoms with Gasteiger partial charge < -0.3 is 43.0 Å². The second-order valence-electron chi connectivity index (χ2n) is 6.67. The molecule has 0 bridgehead atoms. The van der Waals surface area contributed by atoms with Crippen molar-refractivity contribution < 1.29 is 47.8 Å². The van der Waals surface area contributed by atoms with Gasteiger partial charge in [0.1, 0.15) is 0 Å². The number of carbonyl (C=O) groups is 1. The van der Waals surface area contributed by atoms with Crippen LogP contribution in [0.2, 0.25) is 0 Å². The van der Waals surface area contributed by atoms with Crippen LogP contribution in [-0.2, 0) is 4.74 Å². The average Bonchev–Trinajstić information content (AvgIpc) is 2.81. The molecule has 1 aliphatic heterocycles. The lowest BCUT2D eigenvalue weighted by Crippen LogP contribution is -2.38. The highest BCUT2D eigenvalue weighted by Crippen LogP contribution is 2.54. The molecule has 10 heteroatoms. The van der Waals surface area contributed by atoms with Gasteiger partial charge in [-0.05, 0) is 12.1 Å². The predicted octanol–water partition coefficient (Wildman–Crippen LogP) is 2.78. The number of hydrogen-bond acceptors (Lipinski definition) is 10. The zero-order valence-electron chi connectivity index (χ0n) is 18.9. The Morgan fingerprint density at radius 3 is 1.84 bits per heavy atom. The molecule has 0 saturated heterocycles. The van der Waals surface area contributed by atoms with Gasteiger partial charge in [0.15, 0.2) is 41.0 Å². The maximum absolute atomic E-state index is 13.4. The van der Waals surface area contributed by atoms with Crippen molar-refractivity contribution in [3.8, 4) is 46.0 Å². The van der Waals surface area contributed by atoms with E-state index in [4.69, 9.17) is 37.9 Å². The van der Waals surface area contributed by atoms with E-state index in [1.54, 1.807) is 0 Å². The summed E-state index contributed by atoms with van der Waals surface area (Å²) >= 11 is 0. The summed E-state index contributed by atoms with van der Waals surface area (Å²) in [7, 11) is 9.91. The van der Waals surface area contributed by atoms with E-state index in [0.717, 1.165) is 0 Å². The number of ketones is 1. The fraction of sp³-hybridized carbons (Fsp3) is 0.409. The van der Waals surface area contributed by atoms with Gasteiger partial charge in [-0.1, -0.05) is 0 Å². The van der Waals surface area contributed by atoms with Crippen LogP contribution in [0.3, 0.4) is 0 Å². The van der Waals surface area contributed by atoms with Gasteiger partial charge in [0.2, 0.25) is 23.0 Å². The summed E-state index contributed by atoms with van der Waals surface area (Å²) < 4.78 is 44.1. The number of carbonyl (C=O) groups excluding carboxylic acids is 1. The van der Waals surface area contributed by atoms with Crippen LogP contribution >= 0.6 is 0 Å². The second kappa shape index (κ2) is 9.31. The van der Waals surface area contributed by atoms with E-state index < -0.39 is 12.2 Å². The predicted molar refractivity (Wildman–Crippen MR) is 112 cm³/mol. The highest BCUT2D eigenvalue weighted by molar-refractivity contribution is 6.05. The zero-order valence-corrected chi connectivity index (χ0v) is 18.9. The van der Waals surface area contributed by atoms with Crippen LogP contribution in [0.5, 0.6) is 46.0 Å². The van der Waals surface area contributed by atoms with E-state index in [2.05, 4.69) is 0 Å². The maximum Gasteiger partial charge on any atom is 0.208 e. The van der Waals surface area contributed by atoms with Crippen LogP contribution < -0.4 is 33.2 Å². The van der Waals surface area contributed by atoms with Crippen molar-refractivity contribution in [1.82, 2.24) is 0 Å².